The molecule has 0 bridgehead atoms. The van der Waals surface area contributed by atoms with Crippen molar-refractivity contribution in [2.75, 3.05) is 5.75 Å². The maximum absolute atomic E-state index is 13.4. The number of aliphatic hydroxyl groups is 1. The van der Waals surface area contributed by atoms with Crippen LogP contribution < -0.4 is 21.7 Å². The highest BCUT2D eigenvalue weighted by atomic mass is 32.1. The summed E-state index contributed by atoms with van der Waals surface area (Å²) in [7, 11) is 0. The molecule has 12 nitrogen and oxygen atoms in total. The van der Waals surface area contributed by atoms with Gasteiger partial charge < -0.3 is 42.0 Å². The molecule has 3 amide bonds. The van der Waals surface area contributed by atoms with E-state index in [-0.39, 0.29) is 24.3 Å². The summed E-state index contributed by atoms with van der Waals surface area (Å²) < 4.78 is 0. The van der Waals surface area contributed by atoms with Gasteiger partial charge in [-0.05, 0) is 42.7 Å². The van der Waals surface area contributed by atoms with Gasteiger partial charge in [0.1, 0.15) is 23.9 Å². The van der Waals surface area contributed by atoms with Crippen molar-refractivity contribution in [3.8, 4) is 5.75 Å². The maximum Gasteiger partial charge on any atom is 0.327 e. The summed E-state index contributed by atoms with van der Waals surface area (Å²) in [5.41, 5.74) is 8.34. The third-order valence-electron chi connectivity index (χ3n) is 6.32. The Kier molecular flexibility index (Phi) is 10.5. The Morgan fingerprint density at radius 1 is 0.925 bits per heavy atom. The van der Waals surface area contributed by atoms with Gasteiger partial charge in [-0.15, -0.1) is 0 Å². The van der Waals surface area contributed by atoms with Gasteiger partial charge >= 0.3 is 5.97 Å². The summed E-state index contributed by atoms with van der Waals surface area (Å²) in [6, 6.07) is 8.48. The minimum atomic E-state index is -1.51. The van der Waals surface area contributed by atoms with E-state index in [9.17, 15) is 34.5 Å². The standard InChI is InChI=1S/C27H33N5O7S/c1-14(33)23(26(37)31-22(13-40)27(38)39)32-25(36)21(11-16-12-29-20-5-3-2-4-18(16)20)30-24(35)19(28)10-15-6-8-17(34)9-7-15/h2-9,12,14,19,21-23,29,33-34,40H,10-11,13,28H2,1H3,(H,30,35)(H,31,37)(H,32,36)(H,38,39). The number of benzene rings is 2. The molecule has 0 saturated heterocycles. The molecule has 0 saturated carbocycles. The number of carboxylic acid groups (broad SMARTS) is 1. The molecule has 1 heterocycles. The highest BCUT2D eigenvalue weighted by Crippen LogP contribution is 2.19. The van der Waals surface area contributed by atoms with E-state index in [2.05, 4.69) is 33.6 Å². The van der Waals surface area contributed by atoms with Gasteiger partial charge in [0.15, 0.2) is 0 Å². The van der Waals surface area contributed by atoms with E-state index >= 15 is 0 Å². The monoisotopic (exact) mass is 571 g/mol. The smallest absolute Gasteiger partial charge is 0.327 e. The number of nitrogens with one attached hydrogen (secondary N) is 4. The fourth-order valence-electron chi connectivity index (χ4n) is 4.09. The fourth-order valence-corrected chi connectivity index (χ4v) is 4.34. The molecule has 13 heteroatoms. The van der Waals surface area contributed by atoms with Crippen LogP contribution in [0.3, 0.4) is 0 Å². The Bertz CT molecular complexity index is 1340. The van der Waals surface area contributed by atoms with Crippen LogP contribution in [-0.4, -0.2) is 80.0 Å². The molecule has 5 atom stereocenters. The Balaban J connectivity index is 1.81. The number of fused-ring (bicyclic) bond motifs is 1. The largest absolute Gasteiger partial charge is 0.508 e. The number of phenolic OH excluding ortho intramolecular Hbond substituents is 1. The van der Waals surface area contributed by atoms with Crippen LogP contribution in [0.1, 0.15) is 18.1 Å². The van der Waals surface area contributed by atoms with Crippen molar-refractivity contribution in [2.45, 2.75) is 50.0 Å². The molecule has 0 aliphatic carbocycles. The number of aromatic amines is 1. The Morgan fingerprint density at radius 2 is 1.57 bits per heavy atom. The molecular formula is C27H33N5O7S. The van der Waals surface area contributed by atoms with Crippen LogP contribution in [0.25, 0.3) is 10.9 Å². The number of phenols is 1. The van der Waals surface area contributed by atoms with Gasteiger partial charge in [-0.2, -0.15) is 12.6 Å². The predicted octanol–water partition coefficient (Wildman–Crippen LogP) is -0.164. The highest BCUT2D eigenvalue weighted by molar-refractivity contribution is 7.80. The molecule has 9 N–H and O–H groups in total. The van der Waals surface area contributed by atoms with Crippen molar-refractivity contribution in [3.05, 3.63) is 65.9 Å². The van der Waals surface area contributed by atoms with Crippen LogP contribution >= 0.6 is 12.6 Å². The Morgan fingerprint density at radius 3 is 2.20 bits per heavy atom. The van der Waals surface area contributed by atoms with E-state index < -0.39 is 54.0 Å². The van der Waals surface area contributed by atoms with Gasteiger partial charge in [0, 0.05) is 29.3 Å². The summed E-state index contributed by atoms with van der Waals surface area (Å²) in [4.78, 5) is 53.7. The molecule has 40 heavy (non-hydrogen) atoms. The number of carbonyl (C=O) groups is 4. The Hall–Kier alpha value is -4.07. The lowest BCUT2D eigenvalue weighted by Crippen LogP contribution is -2.60. The number of carboxylic acids is 1. The van der Waals surface area contributed by atoms with Gasteiger partial charge in [0.25, 0.3) is 0 Å². The molecule has 0 fully saturated rings. The van der Waals surface area contributed by atoms with Crippen molar-refractivity contribution in [2.24, 2.45) is 5.73 Å². The zero-order valence-corrected chi connectivity index (χ0v) is 22.6. The summed E-state index contributed by atoms with van der Waals surface area (Å²) in [5, 5.41) is 37.1. The Labute approximate surface area is 235 Å². The number of thiol groups is 1. The molecule has 0 spiro atoms. The van der Waals surface area contributed by atoms with Crippen LogP contribution in [0.5, 0.6) is 5.75 Å². The first-order valence-corrected chi connectivity index (χ1v) is 13.1. The van der Waals surface area contributed by atoms with Gasteiger partial charge in [-0.1, -0.05) is 30.3 Å². The number of aliphatic carboxylic acids is 1. The van der Waals surface area contributed by atoms with E-state index in [1.165, 1.54) is 19.1 Å². The van der Waals surface area contributed by atoms with Crippen LogP contribution in [0.2, 0.25) is 0 Å². The maximum atomic E-state index is 13.4. The van der Waals surface area contributed by atoms with Gasteiger partial charge in [-0.3, -0.25) is 14.4 Å². The van der Waals surface area contributed by atoms with Gasteiger partial charge in [0.2, 0.25) is 17.7 Å². The number of para-hydroxylation sites is 1. The van der Waals surface area contributed by atoms with Crippen molar-refractivity contribution >= 4 is 47.2 Å². The second-order valence-electron chi connectivity index (χ2n) is 9.41. The molecule has 214 valence electrons. The quantitative estimate of drug-likeness (QED) is 0.126. The van der Waals surface area contributed by atoms with Crippen molar-refractivity contribution < 1.29 is 34.5 Å². The lowest BCUT2D eigenvalue weighted by Gasteiger charge is -2.26. The average molecular weight is 572 g/mol. The summed E-state index contributed by atoms with van der Waals surface area (Å²) in [6.45, 7) is 1.27. The molecule has 1 aromatic heterocycles. The van der Waals surface area contributed by atoms with Crippen LogP contribution in [0.15, 0.2) is 54.7 Å². The van der Waals surface area contributed by atoms with E-state index in [1.54, 1.807) is 18.3 Å². The minimum absolute atomic E-state index is 0.0239. The van der Waals surface area contributed by atoms with Crippen molar-refractivity contribution in [1.82, 2.24) is 20.9 Å². The topological polar surface area (TPSA) is 207 Å². The molecule has 5 unspecified atom stereocenters. The van der Waals surface area contributed by atoms with Crippen LogP contribution in [-0.2, 0) is 32.0 Å². The number of hydrogen-bond acceptors (Lipinski definition) is 8. The van der Waals surface area contributed by atoms with Gasteiger partial charge in [0.05, 0.1) is 12.1 Å². The number of aliphatic hydroxyl groups excluding tert-OH is 1. The molecule has 0 aliphatic heterocycles. The number of hydrogen-bond donors (Lipinski definition) is 9. The lowest BCUT2D eigenvalue weighted by atomic mass is 10.0. The third-order valence-corrected chi connectivity index (χ3v) is 6.69. The summed E-state index contributed by atoms with van der Waals surface area (Å²) in [5.74, 6) is -3.81. The third kappa shape index (κ3) is 7.97. The fraction of sp³-hybridized carbons (Fsp3) is 0.333. The summed E-state index contributed by atoms with van der Waals surface area (Å²) >= 11 is 3.91. The minimum Gasteiger partial charge on any atom is -0.508 e. The number of aromatic hydroxyl groups is 1. The average Bonchev–Trinajstić information content (AvgIpc) is 3.33. The zero-order valence-electron chi connectivity index (χ0n) is 21.7. The first kappa shape index (κ1) is 30.5. The number of aromatic nitrogens is 1. The first-order valence-electron chi connectivity index (χ1n) is 12.5. The zero-order chi connectivity index (χ0) is 29.4. The van der Waals surface area contributed by atoms with E-state index in [1.807, 2.05) is 24.3 Å². The molecule has 3 rings (SSSR count). The second kappa shape index (κ2) is 13.8. The molecular weight excluding hydrogens is 538 g/mol. The SMILES string of the molecule is CC(O)C(NC(=O)C(Cc1c[nH]c2ccccc12)NC(=O)C(N)Cc1ccc(O)cc1)C(=O)NC(CS)C(=O)O. The van der Waals surface area contributed by atoms with E-state index in [0.717, 1.165) is 10.9 Å². The summed E-state index contributed by atoms with van der Waals surface area (Å²) in [6.07, 6.45) is 0.471. The number of nitrogens with two attached hydrogens (primary N) is 1. The number of H-pyrrole nitrogens is 1. The van der Waals surface area contributed by atoms with Crippen LogP contribution in [0.4, 0.5) is 0 Å². The molecule has 2 aromatic carbocycles. The normalized spacial score (nSPS) is 14.9. The predicted molar refractivity (Wildman–Crippen MR) is 151 cm³/mol. The molecule has 0 aliphatic rings. The van der Waals surface area contributed by atoms with E-state index in [0.29, 0.717) is 11.1 Å². The van der Waals surface area contributed by atoms with Crippen molar-refractivity contribution in [1.29, 1.82) is 0 Å². The lowest BCUT2D eigenvalue weighted by molar-refractivity contribution is -0.142. The number of carbonyl (C=O) groups excluding carboxylic acids is 3. The highest BCUT2D eigenvalue weighted by Gasteiger charge is 2.33. The second-order valence-corrected chi connectivity index (χ2v) is 9.78. The van der Waals surface area contributed by atoms with Crippen LogP contribution in [0, 0.1) is 0 Å². The first-order chi connectivity index (χ1) is 19.0. The van der Waals surface area contributed by atoms with E-state index in [4.69, 9.17) is 5.73 Å². The number of amides is 3. The van der Waals surface area contributed by atoms with Crippen molar-refractivity contribution in [3.63, 3.8) is 0 Å². The molecule has 0 radical (unpaired) electrons. The van der Waals surface area contributed by atoms with Gasteiger partial charge in [-0.25, -0.2) is 4.79 Å². The number of rotatable bonds is 13. The molecule has 3 aromatic rings.